The van der Waals surface area contributed by atoms with E-state index in [2.05, 4.69) is 61.3 Å². The highest BCUT2D eigenvalue weighted by molar-refractivity contribution is 6.31. The summed E-state index contributed by atoms with van der Waals surface area (Å²) in [6.07, 6.45) is 1.14. The third-order valence-corrected chi connectivity index (χ3v) is 3.89. The molecule has 4 heteroatoms. The van der Waals surface area contributed by atoms with Crippen molar-refractivity contribution in [2.24, 2.45) is 0 Å². The minimum absolute atomic E-state index is 0.276. The highest BCUT2D eigenvalue weighted by atomic mass is 35.5. The first-order valence-electron chi connectivity index (χ1n) is 7.36. The van der Waals surface area contributed by atoms with E-state index in [0.29, 0.717) is 0 Å². The summed E-state index contributed by atoms with van der Waals surface area (Å²) in [5, 5.41) is 4.07. The quantitative estimate of drug-likeness (QED) is 0.793. The molecule has 1 atom stereocenters. The van der Waals surface area contributed by atoms with E-state index in [4.69, 9.17) is 11.6 Å². The first-order valence-corrected chi connectivity index (χ1v) is 7.73. The molecular weight excluding hydrogens is 270 g/mol. The van der Waals surface area contributed by atoms with Crippen LogP contribution in [-0.2, 0) is 0 Å². The van der Waals surface area contributed by atoms with Gasteiger partial charge >= 0.3 is 0 Å². The van der Waals surface area contributed by atoms with Gasteiger partial charge in [-0.3, -0.25) is 0 Å². The average molecular weight is 298 g/mol. The first-order chi connectivity index (χ1) is 9.49. The summed E-state index contributed by atoms with van der Waals surface area (Å²) in [5.41, 5.74) is 2.37. The van der Waals surface area contributed by atoms with Crippen LogP contribution < -0.4 is 10.2 Å². The number of halogens is 1. The SMILES string of the molecule is CCCN(CCN(C)C)c1ccc(C(C)NC)c(Cl)c1. The summed E-state index contributed by atoms with van der Waals surface area (Å²) in [6, 6.07) is 6.69. The van der Waals surface area contributed by atoms with Gasteiger partial charge < -0.3 is 15.1 Å². The number of anilines is 1. The Bertz CT molecular complexity index is 407. The van der Waals surface area contributed by atoms with Crippen LogP contribution in [0.25, 0.3) is 0 Å². The Morgan fingerprint density at radius 1 is 1.20 bits per heavy atom. The van der Waals surface area contributed by atoms with Gasteiger partial charge in [-0.1, -0.05) is 24.6 Å². The van der Waals surface area contributed by atoms with Gasteiger partial charge in [0.1, 0.15) is 0 Å². The fourth-order valence-electron chi connectivity index (χ4n) is 2.18. The molecule has 0 aliphatic rings. The monoisotopic (exact) mass is 297 g/mol. The predicted molar refractivity (Wildman–Crippen MR) is 90.0 cm³/mol. The Balaban J connectivity index is 2.88. The molecule has 0 amide bonds. The van der Waals surface area contributed by atoms with E-state index in [0.717, 1.165) is 36.6 Å². The zero-order valence-corrected chi connectivity index (χ0v) is 14.2. The van der Waals surface area contributed by atoms with E-state index in [1.165, 1.54) is 5.69 Å². The van der Waals surface area contributed by atoms with Crippen molar-refractivity contribution in [2.45, 2.75) is 26.3 Å². The van der Waals surface area contributed by atoms with Crippen molar-refractivity contribution in [1.29, 1.82) is 0 Å². The molecule has 0 saturated carbocycles. The molecule has 0 fully saturated rings. The summed E-state index contributed by atoms with van der Waals surface area (Å²) in [7, 11) is 6.17. The molecule has 1 rings (SSSR count). The third-order valence-electron chi connectivity index (χ3n) is 3.56. The molecule has 114 valence electrons. The van der Waals surface area contributed by atoms with Gasteiger partial charge in [-0.25, -0.2) is 0 Å². The molecule has 3 nitrogen and oxygen atoms in total. The van der Waals surface area contributed by atoms with Crippen LogP contribution in [0.1, 0.15) is 31.9 Å². The predicted octanol–water partition coefficient (Wildman–Crippen LogP) is 3.40. The lowest BCUT2D eigenvalue weighted by Crippen LogP contribution is -2.32. The lowest BCUT2D eigenvalue weighted by atomic mass is 10.1. The molecule has 0 spiro atoms. The number of nitrogens with zero attached hydrogens (tertiary/aromatic N) is 2. The second-order valence-corrected chi connectivity index (χ2v) is 5.91. The van der Waals surface area contributed by atoms with Gasteiger partial charge in [0.25, 0.3) is 0 Å². The second-order valence-electron chi connectivity index (χ2n) is 5.51. The van der Waals surface area contributed by atoms with Gasteiger partial charge in [-0.2, -0.15) is 0 Å². The van der Waals surface area contributed by atoms with E-state index >= 15 is 0 Å². The molecule has 1 N–H and O–H groups in total. The van der Waals surface area contributed by atoms with Crippen LogP contribution in [0.15, 0.2) is 18.2 Å². The van der Waals surface area contributed by atoms with Gasteiger partial charge in [-0.05, 0) is 52.2 Å². The molecule has 1 aromatic rings. The van der Waals surface area contributed by atoms with E-state index in [1.54, 1.807) is 0 Å². The lowest BCUT2D eigenvalue weighted by Gasteiger charge is -2.27. The maximum absolute atomic E-state index is 6.43. The number of likely N-dealkylation sites (N-methyl/N-ethyl adjacent to an activating group) is 1. The molecule has 1 unspecified atom stereocenters. The summed E-state index contributed by atoms with van der Waals surface area (Å²) in [5.74, 6) is 0. The van der Waals surface area contributed by atoms with Crippen LogP contribution in [0.3, 0.4) is 0 Å². The summed E-state index contributed by atoms with van der Waals surface area (Å²) in [4.78, 5) is 4.61. The Morgan fingerprint density at radius 3 is 2.40 bits per heavy atom. The third kappa shape index (κ3) is 4.97. The van der Waals surface area contributed by atoms with Crippen molar-refractivity contribution in [2.75, 3.05) is 45.7 Å². The van der Waals surface area contributed by atoms with Crippen LogP contribution >= 0.6 is 11.6 Å². The van der Waals surface area contributed by atoms with Crippen molar-refractivity contribution in [3.8, 4) is 0 Å². The van der Waals surface area contributed by atoms with Crippen molar-refractivity contribution >= 4 is 17.3 Å². The van der Waals surface area contributed by atoms with E-state index in [-0.39, 0.29) is 6.04 Å². The maximum atomic E-state index is 6.43. The minimum atomic E-state index is 0.276. The molecule has 0 radical (unpaired) electrons. The fraction of sp³-hybridized carbons (Fsp3) is 0.625. The van der Waals surface area contributed by atoms with E-state index in [9.17, 15) is 0 Å². The van der Waals surface area contributed by atoms with Gasteiger partial charge in [0.05, 0.1) is 0 Å². The van der Waals surface area contributed by atoms with Crippen LogP contribution in [0.2, 0.25) is 5.02 Å². The molecular formula is C16H28ClN3. The Morgan fingerprint density at radius 2 is 1.90 bits per heavy atom. The number of hydrogen-bond acceptors (Lipinski definition) is 3. The summed E-state index contributed by atoms with van der Waals surface area (Å²) in [6.45, 7) is 7.47. The molecule has 0 saturated heterocycles. The zero-order valence-electron chi connectivity index (χ0n) is 13.4. The molecule has 20 heavy (non-hydrogen) atoms. The fourth-order valence-corrected chi connectivity index (χ4v) is 2.52. The Kier molecular flexibility index (Phi) is 7.35. The topological polar surface area (TPSA) is 18.5 Å². The van der Waals surface area contributed by atoms with Crippen LogP contribution in [0.5, 0.6) is 0 Å². The number of nitrogens with one attached hydrogen (secondary N) is 1. The van der Waals surface area contributed by atoms with E-state index < -0.39 is 0 Å². The largest absolute Gasteiger partial charge is 0.370 e. The normalized spacial score (nSPS) is 12.8. The molecule has 0 aromatic heterocycles. The maximum Gasteiger partial charge on any atom is 0.0474 e. The minimum Gasteiger partial charge on any atom is -0.370 e. The first kappa shape index (κ1) is 17.3. The highest BCUT2D eigenvalue weighted by Crippen LogP contribution is 2.28. The molecule has 0 heterocycles. The number of rotatable bonds is 8. The van der Waals surface area contributed by atoms with E-state index in [1.807, 2.05) is 7.05 Å². The van der Waals surface area contributed by atoms with Crippen molar-refractivity contribution in [3.05, 3.63) is 28.8 Å². The molecule has 0 aliphatic heterocycles. The van der Waals surface area contributed by atoms with Crippen LogP contribution in [0.4, 0.5) is 5.69 Å². The van der Waals surface area contributed by atoms with Gasteiger partial charge in [-0.15, -0.1) is 0 Å². The number of benzene rings is 1. The highest BCUT2D eigenvalue weighted by Gasteiger charge is 2.11. The second kappa shape index (κ2) is 8.50. The standard InChI is InChI=1S/C16H28ClN3/c1-6-9-20(11-10-19(4)5)14-7-8-15(13(2)18-3)16(17)12-14/h7-8,12-13,18H,6,9-11H2,1-5H3. The lowest BCUT2D eigenvalue weighted by molar-refractivity contribution is 0.413. The van der Waals surface area contributed by atoms with Crippen LogP contribution in [0, 0.1) is 0 Å². The van der Waals surface area contributed by atoms with Gasteiger partial charge in [0.15, 0.2) is 0 Å². The van der Waals surface area contributed by atoms with Crippen molar-refractivity contribution in [1.82, 2.24) is 10.2 Å². The molecule has 1 aromatic carbocycles. The molecule has 0 bridgehead atoms. The van der Waals surface area contributed by atoms with Crippen molar-refractivity contribution in [3.63, 3.8) is 0 Å². The Hall–Kier alpha value is -0.770. The number of hydrogen-bond donors (Lipinski definition) is 1. The van der Waals surface area contributed by atoms with Crippen LogP contribution in [-0.4, -0.2) is 45.7 Å². The Labute approximate surface area is 128 Å². The summed E-state index contributed by atoms with van der Waals surface area (Å²) >= 11 is 6.43. The van der Waals surface area contributed by atoms with Crippen molar-refractivity contribution < 1.29 is 0 Å². The summed E-state index contributed by atoms with van der Waals surface area (Å²) < 4.78 is 0. The zero-order chi connectivity index (χ0) is 15.1. The van der Waals surface area contributed by atoms with Gasteiger partial charge in [0, 0.05) is 36.4 Å². The smallest absolute Gasteiger partial charge is 0.0474 e. The van der Waals surface area contributed by atoms with Gasteiger partial charge in [0.2, 0.25) is 0 Å². The average Bonchev–Trinajstić information content (AvgIpc) is 2.42. The molecule has 0 aliphatic carbocycles.